The molecule has 0 fully saturated rings. The summed E-state index contributed by atoms with van der Waals surface area (Å²) in [4.78, 5) is 4.78. The highest BCUT2D eigenvalue weighted by molar-refractivity contribution is 7.90. The minimum atomic E-state index is -3.31. The highest BCUT2D eigenvalue weighted by Crippen LogP contribution is 2.45. The Bertz CT molecular complexity index is 1500. The molecule has 0 spiro atoms. The molecular formula is C24H19ClF2N2O4S. The fourth-order valence-electron chi connectivity index (χ4n) is 4.42. The molecule has 3 aromatic carbocycles. The molecule has 0 radical (unpaired) electrons. The molecule has 0 saturated carbocycles. The Morgan fingerprint density at radius 3 is 2.47 bits per heavy atom. The van der Waals surface area contributed by atoms with Crippen LogP contribution in [0.1, 0.15) is 30.0 Å². The fourth-order valence-corrected chi connectivity index (χ4v) is 5.23. The number of hydrogen-bond acceptors (Lipinski definition) is 5. The predicted octanol–water partition coefficient (Wildman–Crippen LogP) is 5.39. The number of aliphatic hydroxyl groups is 1. The van der Waals surface area contributed by atoms with Crippen LogP contribution in [0, 0.1) is 0 Å². The fraction of sp³-hybridized carbons (Fsp3) is 0.208. The molecule has 0 amide bonds. The van der Waals surface area contributed by atoms with E-state index in [1.807, 2.05) is 16.7 Å². The Morgan fingerprint density at radius 2 is 1.79 bits per heavy atom. The van der Waals surface area contributed by atoms with Crippen LogP contribution in [0.2, 0.25) is 5.02 Å². The third kappa shape index (κ3) is 4.04. The van der Waals surface area contributed by atoms with Crippen LogP contribution in [0.15, 0.2) is 65.6 Å². The summed E-state index contributed by atoms with van der Waals surface area (Å²) in [6.45, 7) is -3.01. The van der Waals surface area contributed by atoms with Crippen LogP contribution >= 0.6 is 11.6 Å². The van der Waals surface area contributed by atoms with Gasteiger partial charge in [-0.15, -0.1) is 0 Å². The first kappa shape index (κ1) is 22.8. The summed E-state index contributed by atoms with van der Waals surface area (Å²) in [6.07, 6.45) is 0.482. The quantitative estimate of drug-likeness (QED) is 0.394. The van der Waals surface area contributed by atoms with Gasteiger partial charge in [-0.2, -0.15) is 8.78 Å². The molecule has 0 aliphatic carbocycles. The number of benzene rings is 3. The van der Waals surface area contributed by atoms with E-state index in [1.54, 1.807) is 36.4 Å². The van der Waals surface area contributed by atoms with Crippen molar-refractivity contribution in [2.75, 3.05) is 6.26 Å². The summed E-state index contributed by atoms with van der Waals surface area (Å²) in [6, 6.07) is 16.0. The zero-order valence-corrected chi connectivity index (χ0v) is 19.4. The Labute approximate surface area is 199 Å². The first-order valence-electron chi connectivity index (χ1n) is 10.4. The van der Waals surface area contributed by atoms with Gasteiger partial charge >= 0.3 is 6.61 Å². The van der Waals surface area contributed by atoms with Gasteiger partial charge in [0, 0.05) is 23.3 Å². The van der Waals surface area contributed by atoms with Crippen molar-refractivity contribution in [3.63, 3.8) is 0 Å². The summed E-state index contributed by atoms with van der Waals surface area (Å²) in [5, 5.41) is 11.0. The maximum absolute atomic E-state index is 13.0. The van der Waals surface area contributed by atoms with Crippen LogP contribution in [-0.2, 0) is 9.84 Å². The monoisotopic (exact) mass is 504 g/mol. The number of aromatic nitrogens is 2. The number of fused-ring (bicyclic) bond motifs is 3. The standard InChI is InChI=1S/C24H19ClF2N2O4S/c1-34(31,32)16-6-2-13(3-7-16)14-4-8-18-20(10-14)29-19(12-21(30)23(29)28-18)17-11-15(25)5-9-22(17)33-24(26)27/h2-11,19,21,24,30H,12H2,1H3. The molecule has 2 atom stereocenters. The van der Waals surface area contributed by atoms with E-state index in [0.717, 1.165) is 17.4 Å². The third-order valence-electron chi connectivity index (χ3n) is 5.94. The number of rotatable bonds is 5. The Morgan fingerprint density at radius 1 is 1.09 bits per heavy atom. The maximum atomic E-state index is 13.0. The molecule has 34 heavy (non-hydrogen) atoms. The Kier molecular flexibility index (Phi) is 5.58. The van der Waals surface area contributed by atoms with Gasteiger partial charge in [0.1, 0.15) is 17.7 Å². The van der Waals surface area contributed by atoms with Crippen molar-refractivity contribution in [3.05, 3.63) is 77.1 Å². The van der Waals surface area contributed by atoms with Gasteiger partial charge in [-0.25, -0.2) is 13.4 Å². The van der Waals surface area contributed by atoms with Crippen molar-refractivity contribution in [1.29, 1.82) is 0 Å². The average molecular weight is 505 g/mol. The van der Waals surface area contributed by atoms with Gasteiger partial charge in [0.15, 0.2) is 9.84 Å². The van der Waals surface area contributed by atoms with E-state index in [1.165, 1.54) is 12.1 Å². The lowest BCUT2D eigenvalue weighted by Gasteiger charge is -2.19. The van der Waals surface area contributed by atoms with Gasteiger partial charge in [0.25, 0.3) is 0 Å². The van der Waals surface area contributed by atoms with Crippen LogP contribution in [0.25, 0.3) is 22.2 Å². The summed E-state index contributed by atoms with van der Waals surface area (Å²) in [5.74, 6) is 0.409. The van der Waals surface area contributed by atoms with E-state index in [-0.39, 0.29) is 17.1 Å². The van der Waals surface area contributed by atoms with Crippen LogP contribution in [0.4, 0.5) is 8.78 Å². The second kappa shape index (κ2) is 8.33. The summed E-state index contributed by atoms with van der Waals surface area (Å²) < 4.78 is 56.1. The maximum Gasteiger partial charge on any atom is 0.387 e. The molecule has 176 valence electrons. The molecule has 6 nitrogen and oxygen atoms in total. The van der Waals surface area contributed by atoms with Crippen LogP contribution in [-0.4, -0.2) is 35.9 Å². The van der Waals surface area contributed by atoms with Crippen molar-refractivity contribution in [2.24, 2.45) is 0 Å². The number of ether oxygens (including phenoxy) is 1. The highest BCUT2D eigenvalue weighted by atomic mass is 35.5. The number of imidazole rings is 1. The second-order valence-electron chi connectivity index (χ2n) is 8.17. The highest BCUT2D eigenvalue weighted by Gasteiger charge is 2.36. The first-order valence-corrected chi connectivity index (χ1v) is 12.6. The smallest absolute Gasteiger partial charge is 0.387 e. The second-order valence-corrected chi connectivity index (χ2v) is 10.6. The molecule has 2 heterocycles. The largest absolute Gasteiger partial charge is 0.434 e. The predicted molar refractivity (Wildman–Crippen MR) is 124 cm³/mol. The van der Waals surface area contributed by atoms with E-state index in [9.17, 15) is 22.3 Å². The molecule has 1 N–H and O–H groups in total. The lowest BCUT2D eigenvalue weighted by atomic mass is 10.0. The first-order chi connectivity index (χ1) is 16.1. The summed E-state index contributed by atoms with van der Waals surface area (Å²) in [5.41, 5.74) is 3.36. The number of sulfone groups is 1. The molecule has 4 aromatic rings. The molecule has 0 bridgehead atoms. The van der Waals surface area contributed by atoms with Gasteiger partial charge < -0.3 is 14.4 Å². The van der Waals surface area contributed by atoms with Crippen molar-refractivity contribution in [1.82, 2.24) is 9.55 Å². The van der Waals surface area contributed by atoms with E-state index in [4.69, 9.17) is 16.3 Å². The number of hydrogen-bond donors (Lipinski definition) is 1. The van der Waals surface area contributed by atoms with Crippen molar-refractivity contribution < 1.29 is 27.0 Å². The lowest BCUT2D eigenvalue weighted by molar-refractivity contribution is -0.0507. The van der Waals surface area contributed by atoms with E-state index >= 15 is 0 Å². The minimum Gasteiger partial charge on any atom is -0.434 e. The SMILES string of the molecule is CS(=O)(=O)c1ccc(-c2ccc3nc4n(c3c2)C(c2cc(Cl)ccc2OC(F)F)CC4O)cc1. The van der Waals surface area contributed by atoms with Crippen LogP contribution in [0.5, 0.6) is 5.75 Å². The van der Waals surface area contributed by atoms with E-state index in [2.05, 4.69) is 4.98 Å². The molecule has 5 rings (SSSR count). The number of nitrogens with zero attached hydrogens (tertiary/aromatic N) is 2. The molecule has 2 unspecified atom stereocenters. The number of aliphatic hydroxyl groups excluding tert-OH is 1. The van der Waals surface area contributed by atoms with Crippen LogP contribution < -0.4 is 4.74 Å². The zero-order chi connectivity index (χ0) is 24.2. The molecule has 10 heteroatoms. The summed E-state index contributed by atoms with van der Waals surface area (Å²) in [7, 11) is -3.31. The van der Waals surface area contributed by atoms with Gasteiger partial charge in [-0.05, 0) is 53.6 Å². The van der Waals surface area contributed by atoms with Gasteiger partial charge in [0.05, 0.1) is 22.0 Å². The van der Waals surface area contributed by atoms with E-state index < -0.39 is 28.6 Å². The zero-order valence-electron chi connectivity index (χ0n) is 17.8. The van der Waals surface area contributed by atoms with Crippen molar-refractivity contribution in [2.45, 2.75) is 30.1 Å². The molecule has 1 aliphatic rings. The Balaban J connectivity index is 1.63. The van der Waals surface area contributed by atoms with Gasteiger partial charge in [0.2, 0.25) is 0 Å². The number of halogens is 3. The molecular weight excluding hydrogens is 486 g/mol. The molecule has 1 aliphatic heterocycles. The average Bonchev–Trinajstić information content (AvgIpc) is 3.31. The van der Waals surface area contributed by atoms with Gasteiger partial charge in [-0.1, -0.05) is 29.8 Å². The molecule has 1 aromatic heterocycles. The number of alkyl halides is 2. The van der Waals surface area contributed by atoms with E-state index in [0.29, 0.717) is 27.4 Å². The third-order valence-corrected chi connectivity index (χ3v) is 7.30. The summed E-state index contributed by atoms with van der Waals surface area (Å²) >= 11 is 6.16. The van der Waals surface area contributed by atoms with Crippen molar-refractivity contribution in [3.8, 4) is 16.9 Å². The normalized spacial score (nSPS) is 17.9. The lowest BCUT2D eigenvalue weighted by Crippen LogP contribution is -2.10. The van der Waals surface area contributed by atoms with Gasteiger partial charge in [-0.3, -0.25) is 0 Å². The molecule has 0 saturated heterocycles. The topological polar surface area (TPSA) is 81.4 Å². The van der Waals surface area contributed by atoms with Crippen LogP contribution in [0.3, 0.4) is 0 Å². The van der Waals surface area contributed by atoms with Crippen molar-refractivity contribution >= 4 is 32.5 Å². The minimum absolute atomic E-state index is 0.0150. The Hall–Kier alpha value is -3.01.